The van der Waals surface area contributed by atoms with Gasteiger partial charge in [0.25, 0.3) is 5.91 Å². The van der Waals surface area contributed by atoms with Crippen molar-refractivity contribution in [2.45, 2.75) is 50.4 Å². The minimum absolute atomic E-state index is 0.0593. The van der Waals surface area contributed by atoms with E-state index in [4.69, 9.17) is 9.47 Å². The first-order chi connectivity index (χ1) is 30.6. The van der Waals surface area contributed by atoms with Crippen LogP contribution < -0.4 is 10.3 Å². The number of carbonyl (C=O) groups excluding carboxylic acids is 2. The van der Waals surface area contributed by atoms with Crippen molar-refractivity contribution in [3.05, 3.63) is 183 Å². The number of aromatic nitrogens is 1. The van der Waals surface area contributed by atoms with Gasteiger partial charge in [-0.3, -0.25) is 14.5 Å². The number of hydrogen-bond donors (Lipinski definition) is 4. The third-order valence-corrected chi connectivity index (χ3v) is 12.5. The highest BCUT2D eigenvalue weighted by molar-refractivity contribution is 5.97. The highest BCUT2D eigenvalue weighted by Crippen LogP contribution is 2.36. The highest BCUT2D eigenvalue weighted by atomic mass is 16.5. The lowest BCUT2D eigenvalue weighted by Crippen LogP contribution is -2.40. The molecule has 1 saturated heterocycles. The zero-order chi connectivity index (χ0) is 43.9. The summed E-state index contributed by atoms with van der Waals surface area (Å²) in [4.78, 5) is 46.5. The largest absolute Gasteiger partial charge is 0.506 e. The summed E-state index contributed by atoms with van der Waals surface area (Å²) in [5.41, 5.74) is 3.67. The lowest BCUT2D eigenvalue weighted by atomic mass is 9.85. The SMILES string of the molecule is COc1cc(C(=O)N2CC=C(c3cccc([C@](O)(C(=O)OCC4CCN(Cc5ccccc5)CC4)c4ccccc4)c3)C2)ccc1CCC[C@H](O)c1ccc(O)c2[nH]c(=O)ccc12. The number of aliphatic hydroxyl groups is 2. The number of piperidine rings is 1. The molecule has 2 atom stereocenters. The number of methoxy groups -OCH3 is 1. The molecule has 63 heavy (non-hydrogen) atoms. The van der Waals surface area contributed by atoms with Gasteiger partial charge in [-0.2, -0.15) is 0 Å². The Morgan fingerprint density at radius 1 is 0.873 bits per heavy atom. The van der Waals surface area contributed by atoms with Crippen LogP contribution in [0, 0.1) is 5.92 Å². The summed E-state index contributed by atoms with van der Waals surface area (Å²) in [5, 5.41) is 34.2. The number of H-pyrrole nitrogens is 1. The van der Waals surface area contributed by atoms with Gasteiger partial charge in [-0.05, 0) is 115 Å². The number of pyridine rings is 1. The Morgan fingerprint density at radius 3 is 2.38 bits per heavy atom. The topological polar surface area (TPSA) is 153 Å². The average molecular weight is 848 g/mol. The fourth-order valence-electron chi connectivity index (χ4n) is 8.85. The summed E-state index contributed by atoms with van der Waals surface area (Å²) in [6.45, 7) is 3.67. The van der Waals surface area contributed by atoms with Crippen molar-refractivity contribution in [1.82, 2.24) is 14.8 Å². The second-order valence-electron chi connectivity index (χ2n) is 16.6. The molecule has 0 aliphatic carbocycles. The molecule has 0 unspecified atom stereocenters. The van der Waals surface area contributed by atoms with Crippen LogP contribution in [0.5, 0.6) is 11.5 Å². The van der Waals surface area contributed by atoms with Crippen LogP contribution in [0.25, 0.3) is 16.5 Å². The highest BCUT2D eigenvalue weighted by Gasteiger charge is 2.42. The molecule has 11 nitrogen and oxygen atoms in total. The number of ether oxygens (including phenoxy) is 2. The van der Waals surface area contributed by atoms with Crippen molar-refractivity contribution in [2.24, 2.45) is 5.92 Å². The predicted molar refractivity (Wildman–Crippen MR) is 242 cm³/mol. The molecule has 11 heteroatoms. The van der Waals surface area contributed by atoms with Crippen molar-refractivity contribution in [2.75, 3.05) is 39.9 Å². The summed E-state index contributed by atoms with van der Waals surface area (Å²) in [6.07, 6.45) is 4.59. The lowest BCUT2D eigenvalue weighted by molar-refractivity contribution is -0.164. The molecule has 5 aromatic carbocycles. The molecule has 6 aromatic rings. The van der Waals surface area contributed by atoms with Gasteiger partial charge in [0.15, 0.2) is 0 Å². The quantitative estimate of drug-likeness (QED) is 0.0769. The van der Waals surface area contributed by atoms with Crippen molar-refractivity contribution in [3.63, 3.8) is 0 Å². The maximum absolute atomic E-state index is 14.0. The van der Waals surface area contributed by atoms with E-state index in [1.807, 2.05) is 42.5 Å². The van der Waals surface area contributed by atoms with Crippen molar-refractivity contribution >= 4 is 28.4 Å². The van der Waals surface area contributed by atoms with Crippen LogP contribution in [0.3, 0.4) is 0 Å². The standard InChI is InChI=1S/C52H53N3O8/c1-62-47-31-39(19-18-37(47)12-9-17-45(56)43-20-22-46(57)49-44(43)21-23-48(58)53-49)50(59)55-29-26-40(33-55)38-13-8-16-42(30-38)52(61,41-14-6-3-7-15-41)51(60)63-34-36-24-27-54(28-25-36)32-35-10-4-2-5-11-35/h2-8,10-11,13-16,18-23,26,30-31,36,45,56-57,61H,9,12,17,24-25,27-29,32-34H2,1H3,(H,53,58)/t45-,52-/m0/s1. The van der Waals surface area contributed by atoms with E-state index in [2.05, 4.69) is 34.1 Å². The number of aromatic hydroxyl groups is 1. The van der Waals surface area contributed by atoms with Crippen LogP contribution in [-0.4, -0.2) is 81.9 Å². The maximum atomic E-state index is 14.0. The van der Waals surface area contributed by atoms with Gasteiger partial charge in [-0.15, -0.1) is 0 Å². The number of hydrogen-bond acceptors (Lipinski definition) is 9. The fourth-order valence-corrected chi connectivity index (χ4v) is 8.85. The number of rotatable bonds is 15. The molecule has 2 aliphatic heterocycles. The first kappa shape index (κ1) is 43.1. The normalized spacial score (nSPS) is 16.0. The summed E-state index contributed by atoms with van der Waals surface area (Å²) in [6, 6.07) is 38.1. The summed E-state index contributed by atoms with van der Waals surface area (Å²) in [5.74, 6) is -0.165. The Hall–Kier alpha value is -6.53. The van der Waals surface area contributed by atoms with E-state index in [0.717, 1.165) is 49.2 Å². The summed E-state index contributed by atoms with van der Waals surface area (Å²) in [7, 11) is 1.57. The van der Waals surface area contributed by atoms with Gasteiger partial charge in [0.05, 0.1) is 25.3 Å². The zero-order valence-corrected chi connectivity index (χ0v) is 35.4. The van der Waals surface area contributed by atoms with Crippen molar-refractivity contribution < 1.29 is 34.4 Å². The first-order valence-corrected chi connectivity index (χ1v) is 21.6. The number of aliphatic hydroxyl groups excluding tert-OH is 1. The number of carbonyl (C=O) groups is 2. The molecule has 0 radical (unpaired) electrons. The van der Waals surface area contributed by atoms with E-state index in [1.165, 1.54) is 17.7 Å². The number of phenolic OH excluding ortho intramolecular Hbond substituents is 1. The molecule has 3 heterocycles. The van der Waals surface area contributed by atoms with E-state index < -0.39 is 17.7 Å². The number of aromatic amines is 1. The van der Waals surface area contributed by atoms with Crippen LogP contribution in [0.2, 0.25) is 0 Å². The number of amides is 1. The second kappa shape index (κ2) is 19.2. The monoisotopic (exact) mass is 847 g/mol. The van der Waals surface area contributed by atoms with Crippen molar-refractivity contribution in [3.8, 4) is 11.5 Å². The Kier molecular flexibility index (Phi) is 13.2. The number of likely N-dealkylation sites (tertiary alicyclic amines) is 1. The van der Waals surface area contributed by atoms with E-state index >= 15 is 0 Å². The van der Waals surface area contributed by atoms with Gasteiger partial charge in [0, 0.05) is 42.2 Å². The van der Waals surface area contributed by atoms with E-state index in [9.17, 15) is 29.7 Å². The molecule has 1 amide bonds. The van der Waals surface area contributed by atoms with Gasteiger partial charge in [0.1, 0.15) is 11.5 Å². The van der Waals surface area contributed by atoms with E-state index in [-0.39, 0.29) is 29.7 Å². The zero-order valence-electron chi connectivity index (χ0n) is 35.4. The summed E-state index contributed by atoms with van der Waals surface area (Å²) < 4.78 is 11.7. The second-order valence-corrected chi connectivity index (χ2v) is 16.6. The number of aryl methyl sites for hydroxylation is 1. The molecule has 1 aromatic heterocycles. The van der Waals surface area contributed by atoms with E-state index in [0.29, 0.717) is 71.3 Å². The Balaban J connectivity index is 0.892. The maximum Gasteiger partial charge on any atom is 0.347 e. The fraction of sp³-hybridized carbons (Fsp3) is 0.288. The number of nitrogens with one attached hydrogen (secondary N) is 1. The molecule has 0 saturated carbocycles. The molecule has 324 valence electrons. The number of nitrogens with zero attached hydrogens (tertiary/aromatic N) is 2. The van der Waals surface area contributed by atoms with Crippen molar-refractivity contribution in [1.29, 1.82) is 0 Å². The van der Waals surface area contributed by atoms with Crippen LogP contribution in [0.4, 0.5) is 0 Å². The van der Waals surface area contributed by atoms with Gasteiger partial charge in [0.2, 0.25) is 11.2 Å². The molecule has 4 N–H and O–H groups in total. The van der Waals surface area contributed by atoms with Gasteiger partial charge in [-0.1, -0.05) is 97.1 Å². The van der Waals surface area contributed by atoms with Gasteiger partial charge in [-0.25, -0.2) is 4.79 Å². The number of benzene rings is 5. The molecule has 1 fully saturated rings. The predicted octanol–water partition coefficient (Wildman–Crippen LogP) is 7.53. The summed E-state index contributed by atoms with van der Waals surface area (Å²) >= 11 is 0. The smallest absolute Gasteiger partial charge is 0.347 e. The van der Waals surface area contributed by atoms with Crippen LogP contribution in [-0.2, 0) is 28.1 Å². The molecule has 0 spiro atoms. The third kappa shape index (κ3) is 9.61. The van der Waals surface area contributed by atoms with Crippen LogP contribution >= 0.6 is 0 Å². The molecule has 0 bridgehead atoms. The average Bonchev–Trinajstić information content (AvgIpc) is 3.82. The first-order valence-electron chi connectivity index (χ1n) is 21.6. The molecular weight excluding hydrogens is 795 g/mol. The minimum atomic E-state index is -2.04. The number of phenols is 1. The minimum Gasteiger partial charge on any atom is -0.506 e. The van der Waals surface area contributed by atoms with Gasteiger partial charge < -0.3 is 34.7 Å². The molecule has 8 rings (SSSR count). The lowest BCUT2D eigenvalue weighted by Gasteiger charge is -2.33. The molecular formula is C52H53N3O8. The van der Waals surface area contributed by atoms with Gasteiger partial charge >= 0.3 is 5.97 Å². The number of esters is 1. The number of fused-ring (bicyclic) bond motifs is 1. The van der Waals surface area contributed by atoms with E-state index in [1.54, 1.807) is 66.6 Å². The Morgan fingerprint density at radius 2 is 1.62 bits per heavy atom. The van der Waals surface area contributed by atoms with Crippen LogP contribution in [0.1, 0.15) is 75.5 Å². The Bertz CT molecular complexity index is 2660. The molecule has 2 aliphatic rings. The third-order valence-electron chi connectivity index (χ3n) is 12.5. The van der Waals surface area contributed by atoms with Crippen LogP contribution in [0.15, 0.2) is 138 Å². The Labute approximate surface area is 366 Å².